The highest BCUT2D eigenvalue weighted by Gasteiger charge is 2.29. The Hall–Kier alpha value is -4.74. The van der Waals surface area contributed by atoms with Gasteiger partial charge in [0, 0.05) is 36.2 Å². The van der Waals surface area contributed by atoms with Crippen LogP contribution in [0, 0.1) is 5.82 Å². The number of anilines is 2. The van der Waals surface area contributed by atoms with E-state index in [4.69, 9.17) is 19.1 Å². The fraction of sp³-hybridized carbons (Fsp3) is 0.194. The molecule has 42 heavy (non-hydrogen) atoms. The van der Waals surface area contributed by atoms with Crippen LogP contribution in [0.15, 0.2) is 88.3 Å². The van der Waals surface area contributed by atoms with E-state index in [1.807, 2.05) is 54.6 Å². The second-order valence-corrected chi connectivity index (χ2v) is 10.8. The molecule has 1 atom stereocenters. The molecule has 0 aliphatic carbocycles. The van der Waals surface area contributed by atoms with Crippen molar-refractivity contribution in [2.24, 2.45) is 4.99 Å². The highest BCUT2D eigenvalue weighted by molar-refractivity contribution is 7.19. The van der Waals surface area contributed by atoms with Gasteiger partial charge in [0.25, 0.3) is 5.89 Å². The van der Waals surface area contributed by atoms with Crippen molar-refractivity contribution in [2.45, 2.75) is 12.6 Å². The van der Waals surface area contributed by atoms with Crippen LogP contribution in [0.3, 0.4) is 0 Å². The monoisotopic (exact) mass is 580 g/mol. The van der Waals surface area contributed by atoms with Gasteiger partial charge in [-0.25, -0.2) is 9.37 Å². The fourth-order valence-corrected chi connectivity index (χ4v) is 6.21. The fourth-order valence-electron chi connectivity index (χ4n) is 5.08. The Morgan fingerprint density at radius 1 is 0.905 bits per heavy atom. The Kier molecular flexibility index (Phi) is 7.02. The minimum absolute atomic E-state index is 0.0406. The Balaban J connectivity index is 1.23. The van der Waals surface area contributed by atoms with Crippen LogP contribution in [0.25, 0.3) is 22.2 Å². The molecule has 2 aliphatic rings. The standard InChI is InChI=1S/C31H25FN6O3S/c32-23-13-7-6-12-22(23)29-34-26(30(42-29)38-14-16-40-17-15-38)28-36-37-31(41-28)35-27-24(39)18-20-10-4-5-11-21(20)25(33-27)19-8-2-1-3-9-19/h1-13,27H,14-18H2,(H,35,37)/t27-/m1/s1. The molecular weight excluding hydrogens is 555 g/mol. The first-order valence-electron chi connectivity index (χ1n) is 13.6. The lowest BCUT2D eigenvalue weighted by Gasteiger charge is -2.27. The molecule has 5 aromatic rings. The first-order valence-corrected chi connectivity index (χ1v) is 14.4. The van der Waals surface area contributed by atoms with Crippen LogP contribution in [0.1, 0.15) is 16.7 Å². The molecule has 210 valence electrons. The summed E-state index contributed by atoms with van der Waals surface area (Å²) < 4.78 is 26.2. The van der Waals surface area contributed by atoms with Crippen molar-refractivity contribution < 1.29 is 18.3 Å². The Bertz CT molecular complexity index is 1780. The van der Waals surface area contributed by atoms with Crippen molar-refractivity contribution in [3.63, 3.8) is 0 Å². The first-order chi connectivity index (χ1) is 20.6. The summed E-state index contributed by atoms with van der Waals surface area (Å²) in [5.41, 5.74) is 4.26. The van der Waals surface area contributed by atoms with E-state index in [1.165, 1.54) is 17.4 Å². The predicted octanol–water partition coefficient (Wildman–Crippen LogP) is 5.24. The molecule has 0 amide bonds. The van der Waals surface area contributed by atoms with Gasteiger partial charge in [0.15, 0.2) is 17.6 Å². The maximum atomic E-state index is 14.7. The van der Waals surface area contributed by atoms with Gasteiger partial charge in [-0.15, -0.1) is 5.10 Å². The number of fused-ring (bicyclic) bond motifs is 1. The molecule has 0 saturated carbocycles. The zero-order valence-electron chi connectivity index (χ0n) is 22.4. The summed E-state index contributed by atoms with van der Waals surface area (Å²) >= 11 is 1.36. The third-order valence-electron chi connectivity index (χ3n) is 7.15. The van der Waals surface area contributed by atoms with Crippen LogP contribution >= 0.6 is 11.3 Å². The number of nitrogens with one attached hydrogen (secondary N) is 1. The molecule has 9 nitrogen and oxygen atoms in total. The molecule has 1 fully saturated rings. The molecule has 1 N–H and O–H groups in total. The number of nitrogens with zero attached hydrogens (tertiary/aromatic N) is 5. The van der Waals surface area contributed by atoms with Gasteiger partial charge in [-0.2, -0.15) is 0 Å². The van der Waals surface area contributed by atoms with E-state index in [1.54, 1.807) is 18.2 Å². The lowest BCUT2D eigenvalue weighted by molar-refractivity contribution is -0.119. The molecule has 0 unspecified atom stereocenters. The van der Waals surface area contributed by atoms with Crippen LogP contribution in [-0.4, -0.2) is 59.1 Å². The van der Waals surface area contributed by atoms with Crippen molar-refractivity contribution in [3.8, 4) is 22.2 Å². The number of morpholine rings is 1. The van der Waals surface area contributed by atoms with Gasteiger partial charge in [0.2, 0.25) is 0 Å². The average Bonchev–Trinajstić information content (AvgIpc) is 3.65. The molecule has 3 aromatic carbocycles. The maximum Gasteiger partial charge on any atom is 0.317 e. The minimum Gasteiger partial charge on any atom is -0.402 e. The quantitative estimate of drug-likeness (QED) is 0.291. The second-order valence-electron chi connectivity index (χ2n) is 9.86. The van der Waals surface area contributed by atoms with Gasteiger partial charge in [0.05, 0.1) is 18.9 Å². The highest BCUT2D eigenvalue weighted by atomic mass is 32.1. The van der Waals surface area contributed by atoms with Crippen LogP contribution in [-0.2, 0) is 16.0 Å². The molecule has 1 saturated heterocycles. The number of aliphatic imine (C=N–C) groups is 1. The van der Waals surface area contributed by atoms with Crippen LogP contribution in [0.5, 0.6) is 0 Å². The number of ketones is 1. The first kappa shape index (κ1) is 26.2. The number of halogens is 1. The van der Waals surface area contributed by atoms with E-state index in [9.17, 15) is 9.18 Å². The predicted molar refractivity (Wildman–Crippen MR) is 158 cm³/mol. The van der Waals surface area contributed by atoms with E-state index < -0.39 is 6.17 Å². The molecule has 0 radical (unpaired) electrons. The van der Waals surface area contributed by atoms with E-state index in [2.05, 4.69) is 20.4 Å². The number of hydrogen-bond acceptors (Lipinski definition) is 10. The van der Waals surface area contributed by atoms with Gasteiger partial charge in [-0.1, -0.05) is 83.2 Å². The van der Waals surface area contributed by atoms with Gasteiger partial charge < -0.3 is 19.4 Å². The SMILES string of the molecule is O=C1Cc2ccccc2C(c2ccccc2)=N[C@@H]1Nc1nnc(-c2nc(-c3ccccc3F)sc2N2CCOCC2)o1. The highest BCUT2D eigenvalue weighted by Crippen LogP contribution is 2.41. The van der Waals surface area contributed by atoms with E-state index in [0.29, 0.717) is 48.3 Å². The van der Waals surface area contributed by atoms with Gasteiger partial charge in [-0.3, -0.25) is 9.79 Å². The van der Waals surface area contributed by atoms with Crippen LogP contribution in [0.2, 0.25) is 0 Å². The third-order valence-corrected chi connectivity index (χ3v) is 8.30. The zero-order valence-corrected chi connectivity index (χ0v) is 23.2. The molecule has 0 spiro atoms. The zero-order chi connectivity index (χ0) is 28.5. The number of rotatable bonds is 6. The van der Waals surface area contributed by atoms with E-state index in [-0.39, 0.29) is 29.9 Å². The van der Waals surface area contributed by atoms with Gasteiger partial charge in [-0.05, 0) is 17.7 Å². The van der Waals surface area contributed by atoms with E-state index in [0.717, 1.165) is 21.7 Å². The summed E-state index contributed by atoms with van der Waals surface area (Å²) in [5.74, 6) is -0.328. The molecular formula is C31H25FN6O3S. The number of carbonyl (C=O) groups is 1. The lowest BCUT2D eigenvalue weighted by atomic mass is 9.96. The van der Waals surface area contributed by atoms with Crippen LogP contribution < -0.4 is 10.2 Å². The Morgan fingerprint density at radius 3 is 2.45 bits per heavy atom. The lowest BCUT2D eigenvalue weighted by Crippen LogP contribution is -2.35. The van der Waals surface area contributed by atoms with Gasteiger partial charge >= 0.3 is 6.01 Å². The van der Waals surface area contributed by atoms with Crippen molar-refractivity contribution in [2.75, 3.05) is 36.5 Å². The largest absolute Gasteiger partial charge is 0.402 e. The van der Waals surface area contributed by atoms with Crippen molar-refractivity contribution in [3.05, 3.63) is 101 Å². The van der Waals surface area contributed by atoms with Gasteiger partial charge in [0.1, 0.15) is 15.8 Å². The number of aromatic nitrogens is 3. The summed E-state index contributed by atoms with van der Waals surface area (Å²) in [6, 6.07) is 24.1. The summed E-state index contributed by atoms with van der Waals surface area (Å²) in [4.78, 5) is 25.1. The number of ether oxygens (including phenoxy) is 1. The maximum absolute atomic E-state index is 14.7. The molecule has 0 bridgehead atoms. The Labute approximate surface area is 244 Å². The van der Waals surface area contributed by atoms with Crippen molar-refractivity contribution >= 4 is 33.8 Å². The van der Waals surface area contributed by atoms with E-state index >= 15 is 0 Å². The number of benzene rings is 3. The summed E-state index contributed by atoms with van der Waals surface area (Å²) in [6.45, 7) is 2.44. The van der Waals surface area contributed by atoms with Crippen molar-refractivity contribution in [1.82, 2.24) is 15.2 Å². The Morgan fingerprint density at radius 2 is 1.64 bits per heavy atom. The van der Waals surface area contributed by atoms with Crippen LogP contribution in [0.4, 0.5) is 15.4 Å². The smallest absolute Gasteiger partial charge is 0.317 e. The summed E-state index contributed by atoms with van der Waals surface area (Å²) in [7, 11) is 0. The number of Topliss-reactive ketones (excluding diaryl/α,β-unsaturated/α-hetero) is 1. The molecule has 2 aromatic heterocycles. The van der Waals surface area contributed by atoms with Crippen molar-refractivity contribution in [1.29, 1.82) is 0 Å². The number of hydrogen-bond donors (Lipinski definition) is 1. The molecule has 4 heterocycles. The second kappa shape index (κ2) is 11.3. The number of carbonyl (C=O) groups excluding carboxylic acids is 1. The summed E-state index contributed by atoms with van der Waals surface area (Å²) in [6.07, 6.45) is -0.738. The average molecular weight is 581 g/mol. The molecule has 2 aliphatic heterocycles. The molecule has 7 rings (SSSR count). The topological polar surface area (TPSA) is 106 Å². The minimum atomic E-state index is -0.941. The molecule has 11 heteroatoms. The number of thiazole rings is 1. The third kappa shape index (κ3) is 5.08. The summed E-state index contributed by atoms with van der Waals surface area (Å²) in [5, 5.41) is 12.8. The normalized spacial score (nSPS) is 17.0.